The first-order chi connectivity index (χ1) is 13.3. The Balaban J connectivity index is 2.04. The number of primary amides is 1. The van der Waals surface area contributed by atoms with Crippen LogP contribution in [-0.2, 0) is 4.79 Å². The van der Waals surface area contributed by atoms with E-state index in [0.717, 1.165) is 4.47 Å². The minimum Gasteiger partial charge on any atom is -0.496 e. The van der Waals surface area contributed by atoms with Gasteiger partial charge in [0.1, 0.15) is 5.75 Å². The molecule has 1 atom stereocenters. The molecule has 28 heavy (non-hydrogen) atoms. The second kappa shape index (κ2) is 9.95. The fraction of sp³-hybridized carbons (Fsp3) is 0.167. The van der Waals surface area contributed by atoms with E-state index in [9.17, 15) is 14.4 Å². The standard InChI is InChI=1S/C18H18BrClN4O4/c1-28-15-6-5-12(20)8-13(15)17(26)24-23-16(25)9-14(22-18(21)27)10-3-2-4-11(19)7-10/h2-8,14H,9H2,1H3,(H,23,25)(H,24,26)(H3,21,22,27)/t14-/m0/s1. The van der Waals surface area contributed by atoms with Gasteiger partial charge in [-0.05, 0) is 35.9 Å². The Morgan fingerprint density at radius 2 is 1.93 bits per heavy atom. The van der Waals surface area contributed by atoms with Gasteiger partial charge in [-0.15, -0.1) is 0 Å². The van der Waals surface area contributed by atoms with E-state index in [4.69, 9.17) is 22.1 Å². The fourth-order valence-corrected chi connectivity index (χ4v) is 3.02. The summed E-state index contributed by atoms with van der Waals surface area (Å²) in [6.45, 7) is 0. The second-order valence-corrected chi connectivity index (χ2v) is 7.02. The molecule has 0 spiro atoms. The molecule has 0 fully saturated rings. The number of carbonyl (C=O) groups is 3. The molecule has 5 N–H and O–H groups in total. The van der Waals surface area contributed by atoms with Gasteiger partial charge in [0, 0.05) is 9.50 Å². The number of halogens is 2. The molecule has 0 bridgehead atoms. The third-order valence-corrected chi connectivity index (χ3v) is 4.41. The van der Waals surface area contributed by atoms with Crippen molar-refractivity contribution in [2.75, 3.05) is 7.11 Å². The number of benzene rings is 2. The van der Waals surface area contributed by atoms with Gasteiger partial charge in [0.25, 0.3) is 5.91 Å². The van der Waals surface area contributed by atoms with Crippen LogP contribution in [0.2, 0.25) is 5.02 Å². The van der Waals surface area contributed by atoms with Gasteiger partial charge in [0.15, 0.2) is 0 Å². The van der Waals surface area contributed by atoms with E-state index in [0.29, 0.717) is 16.3 Å². The van der Waals surface area contributed by atoms with Crippen molar-refractivity contribution in [1.29, 1.82) is 0 Å². The summed E-state index contributed by atoms with van der Waals surface area (Å²) >= 11 is 9.23. The van der Waals surface area contributed by atoms with Gasteiger partial charge in [-0.1, -0.05) is 39.7 Å². The van der Waals surface area contributed by atoms with Gasteiger partial charge in [-0.25, -0.2) is 4.79 Å². The highest BCUT2D eigenvalue weighted by atomic mass is 79.9. The fourth-order valence-electron chi connectivity index (χ4n) is 2.44. The number of hydrazine groups is 1. The Morgan fingerprint density at radius 1 is 1.18 bits per heavy atom. The number of carbonyl (C=O) groups excluding carboxylic acids is 3. The number of rotatable bonds is 6. The number of amides is 4. The maximum atomic E-state index is 12.3. The lowest BCUT2D eigenvalue weighted by Crippen LogP contribution is -2.44. The molecular formula is C18H18BrClN4O4. The average molecular weight is 470 g/mol. The monoisotopic (exact) mass is 468 g/mol. The number of hydrogen-bond donors (Lipinski definition) is 4. The molecule has 0 aromatic heterocycles. The summed E-state index contributed by atoms with van der Waals surface area (Å²) in [6, 6.07) is 10.2. The normalized spacial score (nSPS) is 11.2. The number of hydrogen-bond acceptors (Lipinski definition) is 4. The predicted molar refractivity (Wildman–Crippen MR) is 108 cm³/mol. The molecule has 10 heteroatoms. The highest BCUT2D eigenvalue weighted by molar-refractivity contribution is 9.10. The predicted octanol–water partition coefficient (Wildman–Crippen LogP) is 2.67. The summed E-state index contributed by atoms with van der Waals surface area (Å²) in [5.74, 6) is -0.832. The maximum Gasteiger partial charge on any atom is 0.312 e. The Bertz CT molecular complexity index is 894. The van der Waals surface area contributed by atoms with E-state index >= 15 is 0 Å². The van der Waals surface area contributed by atoms with Gasteiger partial charge in [0.05, 0.1) is 25.1 Å². The number of nitrogens with two attached hydrogens (primary N) is 1. The van der Waals surface area contributed by atoms with Crippen molar-refractivity contribution in [3.8, 4) is 5.75 Å². The molecule has 0 saturated heterocycles. The van der Waals surface area contributed by atoms with Crippen molar-refractivity contribution >= 4 is 45.4 Å². The molecule has 2 aromatic rings. The summed E-state index contributed by atoms with van der Waals surface area (Å²) in [7, 11) is 1.41. The van der Waals surface area contributed by atoms with Crippen LogP contribution in [0.5, 0.6) is 5.75 Å². The van der Waals surface area contributed by atoms with Crippen LogP contribution in [-0.4, -0.2) is 25.0 Å². The minimum absolute atomic E-state index is 0.146. The lowest BCUT2D eigenvalue weighted by atomic mass is 10.0. The molecule has 2 rings (SSSR count). The van der Waals surface area contributed by atoms with Crippen LogP contribution in [0.1, 0.15) is 28.4 Å². The summed E-state index contributed by atoms with van der Waals surface area (Å²) in [5.41, 5.74) is 10.6. The number of nitrogens with one attached hydrogen (secondary N) is 3. The molecule has 0 heterocycles. The smallest absolute Gasteiger partial charge is 0.312 e. The molecule has 2 aromatic carbocycles. The molecule has 0 aliphatic carbocycles. The quantitative estimate of drug-likeness (QED) is 0.486. The van der Waals surface area contributed by atoms with Crippen LogP contribution >= 0.6 is 27.5 Å². The molecule has 0 unspecified atom stereocenters. The highest BCUT2D eigenvalue weighted by Crippen LogP contribution is 2.23. The van der Waals surface area contributed by atoms with Crippen LogP contribution in [0.15, 0.2) is 46.9 Å². The summed E-state index contributed by atoms with van der Waals surface area (Å²) in [5, 5.41) is 2.85. The van der Waals surface area contributed by atoms with Crippen LogP contribution in [0.3, 0.4) is 0 Å². The largest absolute Gasteiger partial charge is 0.496 e. The van der Waals surface area contributed by atoms with E-state index in [1.165, 1.54) is 13.2 Å². The Labute approximate surface area is 174 Å². The molecule has 0 saturated carbocycles. The van der Waals surface area contributed by atoms with Crippen molar-refractivity contribution in [2.45, 2.75) is 12.5 Å². The number of ether oxygens (including phenoxy) is 1. The first-order valence-electron chi connectivity index (χ1n) is 8.04. The van der Waals surface area contributed by atoms with E-state index < -0.39 is 23.9 Å². The first kappa shape index (κ1) is 21.5. The lowest BCUT2D eigenvalue weighted by molar-refractivity contribution is -0.122. The van der Waals surface area contributed by atoms with Gasteiger partial charge in [-0.2, -0.15) is 0 Å². The first-order valence-corrected chi connectivity index (χ1v) is 9.21. The SMILES string of the molecule is COc1ccc(Cl)cc1C(=O)NNC(=O)C[C@H](NC(N)=O)c1cccc(Br)c1. The number of methoxy groups -OCH3 is 1. The van der Waals surface area contributed by atoms with E-state index in [2.05, 4.69) is 32.1 Å². The van der Waals surface area contributed by atoms with Crippen LogP contribution < -0.4 is 26.6 Å². The van der Waals surface area contributed by atoms with Crippen molar-refractivity contribution in [3.05, 3.63) is 63.1 Å². The zero-order valence-corrected chi connectivity index (χ0v) is 17.1. The molecule has 0 radical (unpaired) electrons. The van der Waals surface area contributed by atoms with Gasteiger partial charge >= 0.3 is 6.03 Å². The number of urea groups is 1. The van der Waals surface area contributed by atoms with E-state index in [-0.39, 0.29) is 12.0 Å². The van der Waals surface area contributed by atoms with Gasteiger partial charge in [-0.3, -0.25) is 20.4 Å². The van der Waals surface area contributed by atoms with E-state index in [1.807, 2.05) is 6.07 Å². The van der Waals surface area contributed by atoms with Crippen molar-refractivity contribution in [1.82, 2.24) is 16.2 Å². The third-order valence-electron chi connectivity index (χ3n) is 3.68. The van der Waals surface area contributed by atoms with Crippen molar-refractivity contribution < 1.29 is 19.1 Å². The van der Waals surface area contributed by atoms with Gasteiger partial charge < -0.3 is 15.8 Å². The highest BCUT2D eigenvalue weighted by Gasteiger charge is 2.19. The van der Waals surface area contributed by atoms with Crippen molar-refractivity contribution in [3.63, 3.8) is 0 Å². The minimum atomic E-state index is -0.773. The summed E-state index contributed by atoms with van der Waals surface area (Å²) in [4.78, 5) is 35.8. The Kier molecular flexibility index (Phi) is 7.65. The maximum absolute atomic E-state index is 12.3. The molecule has 0 aliphatic rings. The van der Waals surface area contributed by atoms with Crippen LogP contribution in [0.4, 0.5) is 4.79 Å². The summed E-state index contributed by atoms with van der Waals surface area (Å²) in [6.07, 6.45) is -0.146. The zero-order valence-electron chi connectivity index (χ0n) is 14.8. The molecule has 148 valence electrons. The molecule has 4 amide bonds. The Hall–Kier alpha value is -2.78. The molecule has 8 nitrogen and oxygen atoms in total. The summed E-state index contributed by atoms with van der Waals surface area (Å²) < 4.78 is 5.89. The Morgan fingerprint density at radius 3 is 2.57 bits per heavy atom. The van der Waals surface area contributed by atoms with Gasteiger partial charge in [0.2, 0.25) is 5.91 Å². The molecule has 0 aliphatic heterocycles. The van der Waals surface area contributed by atoms with Crippen molar-refractivity contribution in [2.24, 2.45) is 5.73 Å². The van der Waals surface area contributed by atoms with E-state index in [1.54, 1.807) is 30.3 Å². The lowest BCUT2D eigenvalue weighted by Gasteiger charge is -2.18. The van der Waals surface area contributed by atoms with Crippen LogP contribution in [0, 0.1) is 0 Å². The van der Waals surface area contributed by atoms with Crippen LogP contribution in [0.25, 0.3) is 0 Å². The third kappa shape index (κ3) is 6.14. The molecular weight excluding hydrogens is 452 g/mol. The average Bonchev–Trinajstić information content (AvgIpc) is 2.65. The zero-order chi connectivity index (χ0) is 20.7. The second-order valence-electron chi connectivity index (χ2n) is 5.67. The topological polar surface area (TPSA) is 123 Å².